The minimum absolute atomic E-state index is 0.733. The van der Waals surface area contributed by atoms with Gasteiger partial charge in [0.2, 0.25) is 0 Å². The van der Waals surface area contributed by atoms with Crippen LogP contribution in [0.5, 0.6) is 0 Å². The highest BCUT2D eigenvalue weighted by Crippen LogP contribution is 2.04. The average Bonchev–Trinajstić information content (AvgIpc) is 2.15. The van der Waals surface area contributed by atoms with Gasteiger partial charge in [0.05, 0.1) is 11.6 Å². The number of nitrogens with zero attached hydrogens (tertiary/aromatic N) is 1. The Morgan fingerprint density at radius 3 is 3.00 bits per heavy atom. The van der Waals surface area contributed by atoms with Crippen molar-refractivity contribution in [2.45, 2.75) is 13.3 Å². The van der Waals surface area contributed by atoms with Gasteiger partial charge >= 0.3 is 0 Å². The number of nitriles is 1. The number of hydrogen-bond donors (Lipinski definition) is 0. The van der Waals surface area contributed by atoms with Crippen LogP contribution in [0.3, 0.4) is 0 Å². The van der Waals surface area contributed by atoms with Crippen molar-refractivity contribution < 1.29 is 0 Å². The van der Waals surface area contributed by atoms with Crippen molar-refractivity contribution in [2.75, 3.05) is 0 Å². The molecule has 1 aromatic carbocycles. The summed E-state index contributed by atoms with van der Waals surface area (Å²) in [6, 6.07) is 9.80. The molecule has 1 rings (SSSR count). The molecule has 0 heterocycles. The molecule has 1 heteroatoms. The summed E-state index contributed by atoms with van der Waals surface area (Å²) >= 11 is 0. The van der Waals surface area contributed by atoms with Gasteiger partial charge in [-0.25, -0.2) is 0 Å². The summed E-state index contributed by atoms with van der Waals surface area (Å²) in [5, 5.41) is 8.62. The molecule has 0 N–H and O–H groups in total. The molecule has 1 aromatic rings. The maximum atomic E-state index is 8.62. The molecule has 0 bridgehead atoms. The molecule has 1 nitrogen and oxygen atoms in total. The summed E-state index contributed by atoms with van der Waals surface area (Å²) in [7, 11) is 0. The van der Waals surface area contributed by atoms with Gasteiger partial charge in [0.1, 0.15) is 0 Å². The summed E-state index contributed by atoms with van der Waals surface area (Å²) in [4.78, 5) is 0. The maximum Gasteiger partial charge on any atom is 0.0991 e. The Morgan fingerprint density at radius 1 is 1.50 bits per heavy atom. The molecule has 0 atom stereocenters. The van der Waals surface area contributed by atoms with Crippen LogP contribution in [0.15, 0.2) is 36.4 Å². The van der Waals surface area contributed by atoms with E-state index in [4.69, 9.17) is 5.26 Å². The zero-order valence-electron chi connectivity index (χ0n) is 7.12. The molecule has 0 aromatic heterocycles. The lowest BCUT2D eigenvalue weighted by atomic mass is 10.1. The largest absolute Gasteiger partial charge is 0.192 e. The normalized spacial score (nSPS) is 10.0. The van der Waals surface area contributed by atoms with Gasteiger partial charge in [-0.05, 0) is 31.0 Å². The van der Waals surface area contributed by atoms with E-state index in [1.165, 1.54) is 5.56 Å². The summed E-state index contributed by atoms with van der Waals surface area (Å²) in [6.45, 7) is 1.99. The van der Waals surface area contributed by atoms with E-state index in [1.54, 1.807) is 0 Å². The summed E-state index contributed by atoms with van der Waals surface area (Å²) in [5.74, 6) is 0. The monoisotopic (exact) mass is 157 g/mol. The second-order valence-electron chi connectivity index (χ2n) is 2.59. The van der Waals surface area contributed by atoms with Crippen LogP contribution in [0, 0.1) is 11.3 Å². The maximum absolute atomic E-state index is 8.62. The number of allylic oxidation sites excluding steroid dienone is 2. The summed E-state index contributed by atoms with van der Waals surface area (Å²) in [6.07, 6.45) is 5.00. The van der Waals surface area contributed by atoms with E-state index in [1.807, 2.05) is 37.3 Å². The molecule has 0 aliphatic carbocycles. The molecule has 0 amide bonds. The molecule has 0 saturated heterocycles. The lowest BCUT2D eigenvalue weighted by molar-refractivity contribution is 1.25. The topological polar surface area (TPSA) is 23.8 Å². The predicted octanol–water partition coefficient (Wildman–Crippen LogP) is 2.68. The molecule has 12 heavy (non-hydrogen) atoms. The first kappa shape index (κ1) is 8.55. The van der Waals surface area contributed by atoms with Crippen LogP contribution in [-0.4, -0.2) is 0 Å². The van der Waals surface area contributed by atoms with E-state index in [0.717, 1.165) is 12.0 Å². The molecule has 0 fully saturated rings. The summed E-state index contributed by atoms with van der Waals surface area (Å²) in [5.41, 5.74) is 1.92. The Morgan fingerprint density at radius 2 is 2.33 bits per heavy atom. The van der Waals surface area contributed by atoms with Crippen molar-refractivity contribution in [2.24, 2.45) is 0 Å². The van der Waals surface area contributed by atoms with Crippen LogP contribution in [0.25, 0.3) is 0 Å². The lowest BCUT2D eigenvalue weighted by Gasteiger charge is -1.95. The van der Waals surface area contributed by atoms with Gasteiger partial charge in [0, 0.05) is 0 Å². The van der Waals surface area contributed by atoms with E-state index in [0.29, 0.717) is 0 Å². The highest BCUT2D eigenvalue weighted by Gasteiger charge is 1.91. The number of rotatable bonds is 2. The fourth-order valence-corrected chi connectivity index (χ4v) is 1.02. The van der Waals surface area contributed by atoms with Gasteiger partial charge < -0.3 is 0 Å². The SMILES string of the molecule is CC=CCc1cccc(C#N)c1. The Kier molecular flexibility index (Phi) is 3.10. The van der Waals surface area contributed by atoms with E-state index in [2.05, 4.69) is 12.1 Å². The molecule has 0 saturated carbocycles. The van der Waals surface area contributed by atoms with Gasteiger partial charge in [-0.1, -0.05) is 24.3 Å². The fourth-order valence-electron chi connectivity index (χ4n) is 1.02. The second-order valence-corrected chi connectivity index (χ2v) is 2.59. The number of hydrogen-bond acceptors (Lipinski definition) is 1. The first-order chi connectivity index (χ1) is 5.86. The van der Waals surface area contributed by atoms with Crippen LogP contribution in [0.4, 0.5) is 0 Å². The first-order valence-electron chi connectivity index (χ1n) is 3.97. The van der Waals surface area contributed by atoms with Crippen LogP contribution in [0.1, 0.15) is 18.1 Å². The third kappa shape index (κ3) is 2.25. The smallest absolute Gasteiger partial charge is 0.0991 e. The van der Waals surface area contributed by atoms with Gasteiger partial charge in [-0.3, -0.25) is 0 Å². The molecule has 60 valence electrons. The van der Waals surface area contributed by atoms with Gasteiger partial charge in [-0.2, -0.15) is 5.26 Å². The minimum Gasteiger partial charge on any atom is -0.192 e. The molecule has 0 aliphatic heterocycles. The van der Waals surface area contributed by atoms with Crippen molar-refractivity contribution >= 4 is 0 Å². The van der Waals surface area contributed by atoms with Gasteiger partial charge in [0.15, 0.2) is 0 Å². The van der Waals surface area contributed by atoms with E-state index < -0.39 is 0 Å². The van der Waals surface area contributed by atoms with E-state index in [-0.39, 0.29) is 0 Å². The van der Waals surface area contributed by atoms with Crippen molar-refractivity contribution in [1.29, 1.82) is 5.26 Å². The van der Waals surface area contributed by atoms with E-state index >= 15 is 0 Å². The minimum atomic E-state index is 0.733. The van der Waals surface area contributed by atoms with Gasteiger partial charge in [-0.15, -0.1) is 0 Å². The van der Waals surface area contributed by atoms with Crippen molar-refractivity contribution in [3.05, 3.63) is 47.5 Å². The Balaban J connectivity index is 2.81. The Hall–Kier alpha value is -1.55. The van der Waals surface area contributed by atoms with Crippen LogP contribution in [0.2, 0.25) is 0 Å². The molecule has 0 spiro atoms. The van der Waals surface area contributed by atoms with E-state index in [9.17, 15) is 0 Å². The second kappa shape index (κ2) is 4.35. The molecule has 0 radical (unpaired) electrons. The Bertz CT molecular complexity index is 318. The first-order valence-corrected chi connectivity index (χ1v) is 3.97. The Labute approximate surface area is 73.0 Å². The van der Waals surface area contributed by atoms with Crippen LogP contribution in [-0.2, 0) is 6.42 Å². The van der Waals surface area contributed by atoms with Crippen molar-refractivity contribution in [1.82, 2.24) is 0 Å². The lowest BCUT2D eigenvalue weighted by Crippen LogP contribution is -1.81. The van der Waals surface area contributed by atoms with Gasteiger partial charge in [0.25, 0.3) is 0 Å². The zero-order valence-corrected chi connectivity index (χ0v) is 7.12. The third-order valence-electron chi connectivity index (χ3n) is 1.65. The predicted molar refractivity (Wildman–Crippen MR) is 49.7 cm³/mol. The average molecular weight is 157 g/mol. The third-order valence-corrected chi connectivity index (χ3v) is 1.65. The van der Waals surface area contributed by atoms with Crippen molar-refractivity contribution in [3.8, 4) is 6.07 Å². The zero-order chi connectivity index (χ0) is 8.81. The highest BCUT2D eigenvalue weighted by atomic mass is 14.2. The van der Waals surface area contributed by atoms with Crippen LogP contribution < -0.4 is 0 Å². The quantitative estimate of drug-likeness (QED) is 0.605. The molecule has 0 aliphatic rings. The standard InChI is InChI=1S/C11H11N/c1-2-3-5-10-6-4-7-11(8-10)9-12/h2-4,6-8H,5H2,1H3. The number of benzene rings is 1. The molecular formula is C11H11N. The molecule has 0 unspecified atom stereocenters. The molecular weight excluding hydrogens is 146 g/mol. The van der Waals surface area contributed by atoms with Crippen LogP contribution >= 0.6 is 0 Å². The highest BCUT2D eigenvalue weighted by molar-refractivity contribution is 5.33. The summed E-state index contributed by atoms with van der Waals surface area (Å²) < 4.78 is 0. The fraction of sp³-hybridized carbons (Fsp3) is 0.182. The van der Waals surface area contributed by atoms with Crippen molar-refractivity contribution in [3.63, 3.8) is 0 Å².